The van der Waals surface area contributed by atoms with E-state index in [9.17, 15) is 19.8 Å². The molecule has 27 heavy (non-hydrogen) atoms. The van der Waals surface area contributed by atoms with Crippen LogP contribution in [0.3, 0.4) is 0 Å². The molecular weight excluding hydrogens is 344 g/mol. The Hall–Kier alpha value is -1.20. The molecule has 0 amide bonds. The zero-order chi connectivity index (χ0) is 22.8. The van der Waals surface area contributed by atoms with Gasteiger partial charge in [-0.2, -0.15) is 0 Å². The summed E-state index contributed by atoms with van der Waals surface area (Å²) in [5, 5.41) is 20.9. The SMILES string of the molecule is [2H]C([2H])([2H])C(O)(C/C=C/[C@H]1[C@H](O)CC(=O)[C@@H]1CCCCCCC(=O)OC)CCCC. The first-order chi connectivity index (χ1) is 14.1. The lowest BCUT2D eigenvalue weighted by Gasteiger charge is -2.22. The van der Waals surface area contributed by atoms with Crippen molar-refractivity contribution in [2.75, 3.05) is 7.11 Å². The molecule has 5 heteroatoms. The van der Waals surface area contributed by atoms with E-state index in [2.05, 4.69) is 4.74 Å². The molecule has 0 heterocycles. The van der Waals surface area contributed by atoms with E-state index in [-0.39, 0.29) is 42.9 Å². The molecule has 1 fully saturated rings. The molecule has 0 radical (unpaired) electrons. The van der Waals surface area contributed by atoms with Crippen molar-refractivity contribution >= 4 is 11.8 Å². The van der Waals surface area contributed by atoms with Gasteiger partial charge in [0.2, 0.25) is 0 Å². The third kappa shape index (κ3) is 9.02. The van der Waals surface area contributed by atoms with Crippen molar-refractivity contribution in [1.29, 1.82) is 0 Å². The molecule has 0 saturated heterocycles. The maximum absolute atomic E-state index is 12.3. The zero-order valence-corrected chi connectivity index (χ0v) is 16.8. The quantitative estimate of drug-likeness (QED) is 0.285. The van der Waals surface area contributed by atoms with Crippen molar-refractivity contribution in [3.05, 3.63) is 12.2 Å². The molecule has 2 N–H and O–H groups in total. The summed E-state index contributed by atoms with van der Waals surface area (Å²) in [6.07, 6.45) is 8.65. The number of methoxy groups -OCH3 is 1. The van der Waals surface area contributed by atoms with Gasteiger partial charge in [-0.25, -0.2) is 0 Å². The van der Waals surface area contributed by atoms with Gasteiger partial charge < -0.3 is 14.9 Å². The molecule has 1 aliphatic rings. The number of hydrogen-bond acceptors (Lipinski definition) is 5. The van der Waals surface area contributed by atoms with Crippen LogP contribution in [0.4, 0.5) is 0 Å². The molecular formula is C22H38O5. The fourth-order valence-electron chi connectivity index (χ4n) is 3.67. The standard InChI is InChI=1S/C22H38O5/c1-4-5-14-22(2,26)15-10-12-18-17(19(23)16-20(18)24)11-8-6-7-9-13-21(25)27-3/h10,12,17-18,20,24,26H,4-9,11,13-16H2,1-3H3/b12-10+/t17-,18-,20-,22?/m1/s1/i2D3. The van der Waals surface area contributed by atoms with Crippen molar-refractivity contribution < 1.29 is 28.7 Å². The van der Waals surface area contributed by atoms with Gasteiger partial charge in [0.15, 0.2) is 0 Å². The van der Waals surface area contributed by atoms with Crippen LogP contribution in [0.5, 0.6) is 0 Å². The summed E-state index contributed by atoms with van der Waals surface area (Å²) in [6, 6.07) is 0. The van der Waals surface area contributed by atoms with Gasteiger partial charge in [0.1, 0.15) is 5.78 Å². The van der Waals surface area contributed by atoms with Gasteiger partial charge in [-0.3, -0.25) is 9.59 Å². The van der Waals surface area contributed by atoms with Crippen molar-refractivity contribution in [3.8, 4) is 0 Å². The lowest BCUT2D eigenvalue weighted by Crippen LogP contribution is -2.23. The number of rotatable bonds is 13. The summed E-state index contributed by atoms with van der Waals surface area (Å²) in [6.45, 7) is -0.545. The number of hydrogen-bond donors (Lipinski definition) is 2. The first kappa shape index (κ1) is 19.1. The Morgan fingerprint density at radius 1 is 1.33 bits per heavy atom. The molecule has 0 aromatic rings. The van der Waals surface area contributed by atoms with E-state index in [1.165, 1.54) is 7.11 Å². The van der Waals surface area contributed by atoms with E-state index < -0.39 is 18.6 Å². The summed E-state index contributed by atoms with van der Waals surface area (Å²) in [5.74, 6) is -0.818. The number of unbranched alkanes of at least 4 members (excludes halogenated alkanes) is 4. The average Bonchev–Trinajstić information content (AvgIpc) is 2.94. The van der Waals surface area contributed by atoms with Crippen molar-refractivity contribution in [1.82, 2.24) is 0 Å². The average molecular weight is 386 g/mol. The molecule has 0 spiro atoms. The number of aliphatic hydroxyl groups excluding tert-OH is 1. The second-order valence-electron chi connectivity index (χ2n) is 7.72. The smallest absolute Gasteiger partial charge is 0.305 e. The Morgan fingerprint density at radius 2 is 2.07 bits per heavy atom. The number of esters is 1. The highest BCUT2D eigenvalue weighted by Gasteiger charge is 2.39. The second kappa shape index (κ2) is 12.3. The highest BCUT2D eigenvalue weighted by atomic mass is 16.5. The first-order valence-electron chi connectivity index (χ1n) is 11.7. The van der Waals surface area contributed by atoms with Crippen molar-refractivity contribution in [2.45, 2.75) is 96.1 Å². The van der Waals surface area contributed by atoms with E-state index in [1.54, 1.807) is 12.2 Å². The predicted molar refractivity (Wildman–Crippen MR) is 106 cm³/mol. The molecule has 0 aliphatic heterocycles. The third-order valence-electron chi connectivity index (χ3n) is 5.36. The van der Waals surface area contributed by atoms with Crippen molar-refractivity contribution in [3.63, 3.8) is 0 Å². The molecule has 1 unspecified atom stereocenters. The van der Waals surface area contributed by atoms with Crippen molar-refractivity contribution in [2.24, 2.45) is 11.8 Å². The number of ether oxygens (including phenoxy) is 1. The van der Waals surface area contributed by atoms with E-state index in [0.29, 0.717) is 19.3 Å². The minimum Gasteiger partial charge on any atom is -0.469 e. The summed E-state index contributed by atoms with van der Waals surface area (Å²) in [4.78, 5) is 23.4. The fourth-order valence-corrected chi connectivity index (χ4v) is 3.67. The van der Waals surface area contributed by atoms with Crippen LogP contribution in [0.25, 0.3) is 0 Å². The summed E-state index contributed by atoms with van der Waals surface area (Å²) in [7, 11) is 1.37. The second-order valence-corrected chi connectivity index (χ2v) is 7.72. The molecule has 4 atom stereocenters. The lowest BCUT2D eigenvalue weighted by atomic mass is 9.87. The molecule has 0 bridgehead atoms. The predicted octanol–water partition coefficient (Wildman–Crippen LogP) is 3.95. The number of ketones is 1. The maximum atomic E-state index is 12.3. The zero-order valence-electron chi connectivity index (χ0n) is 19.8. The normalized spacial score (nSPS) is 27.2. The van der Waals surface area contributed by atoms with Gasteiger partial charge in [0, 0.05) is 28.8 Å². The monoisotopic (exact) mass is 385 g/mol. The molecule has 5 nitrogen and oxygen atoms in total. The van der Waals surface area contributed by atoms with Gasteiger partial charge >= 0.3 is 5.97 Å². The van der Waals surface area contributed by atoms with Crippen LogP contribution >= 0.6 is 0 Å². The Labute approximate surface area is 168 Å². The Kier molecular flexibility index (Phi) is 8.71. The maximum Gasteiger partial charge on any atom is 0.305 e. The fraction of sp³-hybridized carbons (Fsp3) is 0.818. The molecule has 1 rings (SSSR count). The van der Waals surface area contributed by atoms with Gasteiger partial charge in [0.25, 0.3) is 0 Å². The summed E-state index contributed by atoms with van der Waals surface area (Å²) < 4.78 is 27.6. The molecule has 1 aliphatic carbocycles. The van der Waals surface area contributed by atoms with Crippen LogP contribution in [0.2, 0.25) is 0 Å². The van der Waals surface area contributed by atoms with Crippen LogP contribution in [0, 0.1) is 11.8 Å². The summed E-state index contributed by atoms with van der Waals surface area (Å²) >= 11 is 0. The lowest BCUT2D eigenvalue weighted by molar-refractivity contribution is -0.140. The van der Waals surface area contributed by atoms with Gasteiger partial charge in [-0.15, -0.1) is 0 Å². The number of aliphatic hydroxyl groups is 2. The Morgan fingerprint density at radius 3 is 2.74 bits per heavy atom. The van der Waals surface area contributed by atoms with Crippen LogP contribution in [0.15, 0.2) is 12.2 Å². The van der Waals surface area contributed by atoms with E-state index in [4.69, 9.17) is 4.11 Å². The van der Waals surface area contributed by atoms with Crippen LogP contribution in [-0.4, -0.2) is 40.8 Å². The van der Waals surface area contributed by atoms with Crippen LogP contribution in [0.1, 0.15) is 88.5 Å². The minimum atomic E-state index is -2.49. The van der Waals surface area contributed by atoms with Gasteiger partial charge in [-0.05, 0) is 32.5 Å². The van der Waals surface area contributed by atoms with Crippen LogP contribution < -0.4 is 0 Å². The van der Waals surface area contributed by atoms with E-state index >= 15 is 0 Å². The summed E-state index contributed by atoms with van der Waals surface area (Å²) in [5.41, 5.74) is -1.79. The number of Topliss-reactive ketones (excluding diaryl/α,β-unsaturated/α-hetero) is 1. The Bertz CT molecular complexity index is 576. The molecule has 1 saturated carbocycles. The molecule has 156 valence electrons. The van der Waals surface area contributed by atoms with Gasteiger partial charge in [0.05, 0.1) is 18.8 Å². The minimum absolute atomic E-state index is 0.0266. The highest BCUT2D eigenvalue weighted by Crippen LogP contribution is 2.34. The first-order valence-corrected chi connectivity index (χ1v) is 10.2. The molecule has 0 aromatic heterocycles. The Balaban J connectivity index is 2.60. The largest absolute Gasteiger partial charge is 0.469 e. The van der Waals surface area contributed by atoms with E-state index in [0.717, 1.165) is 32.1 Å². The van der Waals surface area contributed by atoms with E-state index in [1.807, 2.05) is 6.92 Å². The third-order valence-corrected chi connectivity index (χ3v) is 5.36. The van der Waals surface area contributed by atoms with Crippen LogP contribution in [-0.2, 0) is 14.3 Å². The topological polar surface area (TPSA) is 83.8 Å². The number of carbonyl (C=O) groups excluding carboxylic acids is 2. The molecule has 0 aromatic carbocycles. The number of carbonyl (C=O) groups is 2. The highest BCUT2D eigenvalue weighted by molar-refractivity contribution is 5.84. The van der Waals surface area contributed by atoms with Gasteiger partial charge in [-0.1, -0.05) is 51.2 Å².